The highest BCUT2D eigenvalue weighted by molar-refractivity contribution is 7.03. The Hall–Kier alpha value is -0.760. The van der Waals surface area contributed by atoms with Crippen molar-refractivity contribution in [2.75, 3.05) is 26.2 Å². The third-order valence-electron chi connectivity index (χ3n) is 4.34. The number of nitrogens with one attached hydrogen (secondary N) is 2. The van der Waals surface area contributed by atoms with E-state index in [0.717, 1.165) is 51.3 Å². The average Bonchev–Trinajstić information content (AvgIpc) is 3.18. The molecule has 2 N–H and O–H groups in total. The first-order valence-corrected chi connectivity index (χ1v) is 8.64. The van der Waals surface area contributed by atoms with Gasteiger partial charge in [0.05, 0.1) is 11.7 Å². The smallest absolute Gasteiger partial charge is 0.237 e. The molecule has 0 bridgehead atoms. The minimum absolute atomic E-state index is 0. The Morgan fingerprint density at radius 2 is 2.36 bits per heavy atom. The van der Waals surface area contributed by atoms with Crippen LogP contribution in [0.4, 0.5) is 0 Å². The topological polar surface area (TPSA) is 70.2 Å². The maximum absolute atomic E-state index is 12.0. The summed E-state index contributed by atoms with van der Waals surface area (Å²) in [6.07, 6.45) is 4.47. The first-order valence-electron chi connectivity index (χ1n) is 7.80. The van der Waals surface area contributed by atoms with Crippen LogP contribution in [0, 0.1) is 5.92 Å². The van der Waals surface area contributed by atoms with Crippen molar-refractivity contribution in [3.05, 3.63) is 11.1 Å². The highest BCUT2D eigenvalue weighted by atomic mass is 35.5. The van der Waals surface area contributed by atoms with Crippen LogP contribution in [0.15, 0.2) is 5.38 Å². The molecule has 1 aromatic heterocycles. The van der Waals surface area contributed by atoms with Crippen molar-refractivity contribution in [3.8, 4) is 0 Å². The van der Waals surface area contributed by atoms with E-state index in [0.29, 0.717) is 5.92 Å². The highest BCUT2D eigenvalue weighted by Crippen LogP contribution is 2.18. The molecule has 8 heteroatoms. The highest BCUT2D eigenvalue weighted by Gasteiger charge is 2.24. The number of hydrogen-bond acceptors (Lipinski definition) is 6. The van der Waals surface area contributed by atoms with Crippen LogP contribution in [0.25, 0.3) is 0 Å². The van der Waals surface area contributed by atoms with Crippen LogP contribution < -0.4 is 10.6 Å². The summed E-state index contributed by atoms with van der Waals surface area (Å²) in [5.41, 5.74) is 1.06. The Kier molecular flexibility index (Phi) is 7.01. The number of hydrogen-bond donors (Lipinski definition) is 2. The molecule has 3 heterocycles. The zero-order valence-corrected chi connectivity index (χ0v) is 14.3. The molecule has 2 aliphatic heterocycles. The fourth-order valence-electron chi connectivity index (χ4n) is 3.22. The zero-order valence-electron chi connectivity index (χ0n) is 12.7. The van der Waals surface area contributed by atoms with Gasteiger partial charge in [0.15, 0.2) is 0 Å². The monoisotopic (exact) mass is 345 g/mol. The van der Waals surface area contributed by atoms with E-state index >= 15 is 0 Å². The van der Waals surface area contributed by atoms with Gasteiger partial charge in [0.2, 0.25) is 5.91 Å². The first kappa shape index (κ1) is 17.6. The van der Waals surface area contributed by atoms with E-state index in [9.17, 15) is 4.79 Å². The lowest BCUT2D eigenvalue weighted by molar-refractivity contribution is -0.123. The van der Waals surface area contributed by atoms with Gasteiger partial charge in [-0.1, -0.05) is 4.49 Å². The molecule has 0 saturated carbocycles. The van der Waals surface area contributed by atoms with Crippen molar-refractivity contribution >= 4 is 29.8 Å². The molecule has 124 valence electrons. The van der Waals surface area contributed by atoms with Crippen LogP contribution in [-0.2, 0) is 11.3 Å². The molecule has 2 saturated heterocycles. The van der Waals surface area contributed by atoms with Crippen LogP contribution >= 0.6 is 23.9 Å². The molecular formula is C14H24ClN5OS. The minimum Gasteiger partial charge on any atom is -0.354 e. The Bertz CT molecular complexity index is 452. The van der Waals surface area contributed by atoms with E-state index in [2.05, 4.69) is 25.1 Å². The normalized spacial score (nSPS) is 25.6. The van der Waals surface area contributed by atoms with E-state index in [-0.39, 0.29) is 24.4 Å². The molecular weight excluding hydrogens is 322 g/mol. The Morgan fingerprint density at radius 3 is 3.09 bits per heavy atom. The molecule has 6 nitrogen and oxygen atoms in total. The minimum atomic E-state index is 0. The van der Waals surface area contributed by atoms with Crippen LogP contribution in [0.5, 0.6) is 0 Å². The largest absolute Gasteiger partial charge is 0.354 e. The van der Waals surface area contributed by atoms with Crippen LogP contribution in [-0.4, -0.2) is 52.6 Å². The number of aromatic nitrogens is 2. The first-order chi connectivity index (χ1) is 10.3. The summed E-state index contributed by atoms with van der Waals surface area (Å²) < 4.78 is 3.91. The lowest BCUT2D eigenvalue weighted by Crippen LogP contribution is -2.45. The summed E-state index contributed by atoms with van der Waals surface area (Å²) in [4.78, 5) is 14.4. The van der Waals surface area contributed by atoms with Crippen molar-refractivity contribution < 1.29 is 4.79 Å². The standard InChI is InChI=1S/C14H23N5OS.ClH/c20-14(13-4-1-5-15-13)16-7-11-3-2-6-19(8-11)9-12-10-21-18-17-12;/h10-11,13,15H,1-9H2,(H,16,20);1H. The SMILES string of the molecule is Cl.O=C(NCC1CCCN(Cc2csnn2)C1)C1CCCN1. The van der Waals surface area contributed by atoms with E-state index in [1.54, 1.807) is 0 Å². The lowest BCUT2D eigenvalue weighted by Gasteiger charge is -2.32. The zero-order chi connectivity index (χ0) is 14.5. The predicted molar refractivity (Wildman–Crippen MR) is 89.2 cm³/mol. The second-order valence-electron chi connectivity index (χ2n) is 6.03. The van der Waals surface area contributed by atoms with Gasteiger partial charge < -0.3 is 10.6 Å². The third kappa shape index (κ3) is 4.87. The molecule has 2 unspecified atom stereocenters. The van der Waals surface area contributed by atoms with Gasteiger partial charge in [0, 0.05) is 25.0 Å². The number of halogens is 1. The van der Waals surface area contributed by atoms with Crippen LogP contribution in [0.1, 0.15) is 31.4 Å². The molecule has 1 amide bonds. The average molecular weight is 346 g/mol. The number of likely N-dealkylation sites (tertiary alicyclic amines) is 1. The van der Waals surface area contributed by atoms with Crippen molar-refractivity contribution in [1.29, 1.82) is 0 Å². The van der Waals surface area contributed by atoms with Gasteiger partial charge in [0.1, 0.15) is 0 Å². The summed E-state index contributed by atoms with van der Waals surface area (Å²) in [5.74, 6) is 0.726. The van der Waals surface area contributed by atoms with Crippen LogP contribution in [0.2, 0.25) is 0 Å². The molecule has 0 aromatic carbocycles. The van der Waals surface area contributed by atoms with E-state index in [1.807, 2.05) is 5.38 Å². The van der Waals surface area contributed by atoms with Gasteiger partial charge in [-0.3, -0.25) is 9.69 Å². The summed E-state index contributed by atoms with van der Waals surface area (Å²) in [6, 6.07) is 0.0331. The molecule has 0 aliphatic carbocycles. The summed E-state index contributed by atoms with van der Waals surface area (Å²) in [5, 5.41) is 12.5. The van der Waals surface area contributed by atoms with E-state index in [1.165, 1.54) is 24.4 Å². The molecule has 3 rings (SSSR count). The maximum atomic E-state index is 12.0. The number of carbonyl (C=O) groups excluding carboxylic acids is 1. The lowest BCUT2D eigenvalue weighted by atomic mass is 9.97. The molecule has 0 spiro atoms. The molecule has 0 radical (unpaired) electrons. The van der Waals surface area contributed by atoms with Crippen molar-refractivity contribution in [3.63, 3.8) is 0 Å². The summed E-state index contributed by atoms with van der Waals surface area (Å²) >= 11 is 1.41. The predicted octanol–water partition coefficient (Wildman–Crippen LogP) is 1.04. The molecule has 22 heavy (non-hydrogen) atoms. The Balaban J connectivity index is 0.00000176. The van der Waals surface area contributed by atoms with Gasteiger partial charge in [-0.25, -0.2) is 0 Å². The van der Waals surface area contributed by atoms with E-state index < -0.39 is 0 Å². The second kappa shape index (κ2) is 8.76. The number of amides is 1. The van der Waals surface area contributed by atoms with Crippen molar-refractivity contribution in [1.82, 2.24) is 25.1 Å². The molecule has 2 aliphatic rings. The van der Waals surface area contributed by atoms with Gasteiger partial charge in [-0.05, 0) is 56.2 Å². The molecule has 2 fully saturated rings. The van der Waals surface area contributed by atoms with Crippen LogP contribution in [0.3, 0.4) is 0 Å². The van der Waals surface area contributed by atoms with Gasteiger partial charge in [-0.2, -0.15) is 0 Å². The van der Waals surface area contributed by atoms with Crippen molar-refractivity contribution in [2.24, 2.45) is 5.92 Å². The number of piperidine rings is 1. The molecule has 2 atom stereocenters. The van der Waals surface area contributed by atoms with Gasteiger partial charge in [-0.15, -0.1) is 17.5 Å². The summed E-state index contributed by atoms with van der Waals surface area (Å²) in [7, 11) is 0. The Morgan fingerprint density at radius 1 is 1.45 bits per heavy atom. The number of rotatable bonds is 5. The summed E-state index contributed by atoms with van der Waals surface area (Å²) in [6.45, 7) is 4.80. The van der Waals surface area contributed by atoms with Crippen molar-refractivity contribution in [2.45, 2.75) is 38.3 Å². The van der Waals surface area contributed by atoms with E-state index in [4.69, 9.17) is 0 Å². The fraction of sp³-hybridized carbons (Fsp3) is 0.786. The molecule has 1 aromatic rings. The maximum Gasteiger partial charge on any atom is 0.237 e. The Labute approximate surface area is 141 Å². The quantitative estimate of drug-likeness (QED) is 0.834. The number of carbonyl (C=O) groups is 1. The third-order valence-corrected chi connectivity index (χ3v) is 4.89. The fourth-order valence-corrected chi connectivity index (χ4v) is 3.66. The second-order valence-corrected chi connectivity index (χ2v) is 6.64. The number of nitrogens with zero attached hydrogens (tertiary/aromatic N) is 3. The van der Waals surface area contributed by atoms with Gasteiger partial charge in [0.25, 0.3) is 0 Å². The van der Waals surface area contributed by atoms with Gasteiger partial charge >= 0.3 is 0 Å².